The van der Waals surface area contributed by atoms with Crippen molar-refractivity contribution in [2.45, 2.75) is 6.92 Å². The Balaban J connectivity index is 2.22. The van der Waals surface area contributed by atoms with Gasteiger partial charge in [0.25, 0.3) is 0 Å². The largest absolute Gasteiger partial charge is 0.492 e. The fraction of sp³-hybridized carbons (Fsp3) is 0.417. The van der Waals surface area contributed by atoms with Crippen LogP contribution in [-0.4, -0.2) is 25.6 Å². The van der Waals surface area contributed by atoms with E-state index in [1.165, 1.54) is 0 Å². The molecule has 1 aromatic rings. The van der Waals surface area contributed by atoms with Gasteiger partial charge in [-0.05, 0) is 18.2 Å². The molecule has 1 unspecified atom stereocenters. The van der Waals surface area contributed by atoms with Crippen LogP contribution >= 0.6 is 15.9 Å². The first-order valence-corrected chi connectivity index (χ1v) is 6.29. The van der Waals surface area contributed by atoms with E-state index in [0.29, 0.717) is 19.7 Å². The van der Waals surface area contributed by atoms with Crippen LogP contribution in [0.15, 0.2) is 28.7 Å². The molecule has 0 saturated carbocycles. The topological polar surface area (TPSA) is 64.4 Å². The van der Waals surface area contributed by atoms with Crippen molar-refractivity contribution in [2.75, 3.05) is 19.7 Å². The lowest BCUT2D eigenvalue weighted by atomic mass is 10.2. The summed E-state index contributed by atoms with van der Waals surface area (Å²) in [6.07, 6.45) is 0. The second-order valence-corrected chi connectivity index (χ2v) is 4.65. The molecule has 5 heteroatoms. The minimum atomic E-state index is -0.152. The molecule has 1 atom stereocenters. The number of carbonyl (C=O) groups excluding carboxylic acids is 1. The molecule has 94 valence electrons. The van der Waals surface area contributed by atoms with Crippen LogP contribution in [0.25, 0.3) is 0 Å². The Kier molecular flexibility index (Phi) is 6.00. The first kappa shape index (κ1) is 14.0. The van der Waals surface area contributed by atoms with Gasteiger partial charge in [-0.2, -0.15) is 0 Å². The Morgan fingerprint density at radius 3 is 3.00 bits per heavy atom. The summed E-state index contributed by atoms with van der Waals surface area (Å²) >= 11 is 3.36. The molecule has 0 spiro atoms. The van der Waals surface area contributed by atoms with Gasteiger partial charge in [0.1, 0.15) is 12.4 Å². The van der Waals surface area contributed by atoms with E-state index in [9.17, 15) is 4.79 Å². The Bertz CT molecular complexity index is 371. The third-order valence-corrected chi connectivity index (χ3v) is 2.76. The van der Waals surface area contributed by atoms with Gasteiger partial charge in [0.15, 0.2) is 0 Å². The number of benzene rings is 1. The van der Waals surface area contributed by atoms with Crippen LogP contribution in [0.4, 0.5) is 0 Å². The van der Waals surface area contributed by atoms with Crippen LogP contribution in [0.1, 0.15) is 6.92 Å². The van der Waals surface area contributed by atoms with E-state index in [1.54, 1.807) is 6.92 Å². The maximum Gasteiger partial charge on any atom is 0.224 e. The van der Waals surface area contributed by atoms with E-state index >= 15 is 0 Å². The van der Waals surface area contributed by atoms with E-state index in [4.69, 9.17) is 10.5 Å². The summed E-state index contributed by atoms with van der Waals surface area (Å²) < 4.78 is 6.44. The summed E-state index contributed by atoms with van der Waals surface area (Å²) in [5, 5.41) is 2.76. The van der Waals surface area contributed by atoms with E-state index in [0.717, 1.165) is 10.2 Å². The molecule has 0 heterocycles. The zero-order valence-corrected chi connectivity index (χ0v) is 11.4. The molecular weight excluding hydrogens is 284 g/mol. The summed E-state index contributed by atoms with van der Waals surface area (Å²) in [7, 11) is 0. The molecule has 1 aromatic carbocycles. The summed E-state index contributed by atoms with van der Waals surface area (Å²) in [5.41, 5.74) is 5.39. The van der Waals surface area contributed by atoms with Crippen LogP contribution in [0.3, 0.4) is 0 Å². The van der Waals surface area contributed by atoms with Crippen molar-refractivity contribution in [1.29, 1.82) is 0 Å². The molecule has 0 saturated heterocycles. The monoisotopic (exact) mass is 300 g/mol. The van der Waals surface area contributed by atoms with E-state index in [-0.39, 0.29) is 11.8 Å². The number of hydrogen-bond acceptors (Lipinski definition) is 3. The Morgan fingerprint density at radius 1 is 1.59 bits per heavy atom. The summed E-state index contributed by atoms with van der Waals surface area (Å²) in [6, 6.07) is 7.57. The molecule has 17 heavy (non-hydrogen) atoms. The Morgan fingerprint density at radius 2 is 2.35 bits per heavy atom. The van der Waals surface area contributed by atoms with Gasteiger partial charge in [-0.3, -0.25) is 4.79 Å². The molecule has 0 aliphatic rings. The van der Waals surface area contributed by atoms with Crippen LogP contribution < -0.4 is 15.8 Å². The first-order chi connectivity index (χ1) is 8.13. The predicted molar refractivity (Wildman–Crippen MR) is 70.9 cm³/mol. The minimum Gasteiger partial charge on any atom is -0.492 e. The lowest BCUT2D eigenvalue weighted by molar-refractivity contribution is -0.124. The fourth-order valence-corrected chi connectivity index (χ4v) is 1.56. The molecule has 0 radical (unpaired) electrons. The first-order valence-electron chi connectivity index (χ1n) is 5.49. The van der Waals surface area contributed by atoms with E-state index in [1.807, 2.05) is 24.3 Å². The zero-order chi connectivity index (χ0) is 12.7. The molecule has 4 nitrogen and oxygen atoms in total. The molecule has 1 amide bonds. The standard InChI is InChI=1S/C12H17BrN2O2/c1-9(8-14)12(16)15-5-6-17-11-4-2-3-10(13)7-11/h2-4,7,9H,5-6,8,14H2,1H3,(H,15,16). The van der Waals surface area contributed by atoms with E-state index in [2.05, 4.69) is 21.2 Å². The van der Waals surface area contributed by atoms with Crippen LogP contribution in [0.5, 0.6) is 5.75 Å². The molecular formula is C12H17BrN2O2. The number of halogens is 1. The molecule has 0 aliphatic carbocycles. The number of rotatable bonds is 6. The van der Waals surface area contributed by atoms with Gasteiger partial charge in [-0.1, -0.05) is 28.9 Å². The van der Waals surface area contributed by atoms with Crippen molar-refractivity contribution >= 4 is 21.8 Å². The van der Waals surface area contributed by atoms with Crippen molar-refractivity contribution in [3.8, 4) is 5.75 Å². The predicted octanol–water partition coefficient (Wildman–Crippen LogP) is 1.54. The summed E-state index contributed by atoms with van der Waals surface area (Å²) in [4.78, 5) is 11.4. The van der Waals surface area contributed by atoms with Gasteiger partial charge in [0.05, 0.1) is 6.54 Å². The smallest absolute Gasteiger partial charge is 0.224 e. The number of amides is 1. The van der Waals surface area contributed by atoms with Crippen molar-refractivity contribution in [1.82, 2.24) is 5.32 Å². The van der Waals surface area contributed by atoms with E-state index < -0.39 is 0 Å². The fourth-order valence-electron chi connectivity index (χ4n) is 1.18. The van der Waals surface area contributed by atoms with Crippen LogP contribution in [0.2, 0.25) is 0 Å². The summed E-state index contributed by atoms with van der Waals surface area (Å²) in [6.45, 7) is 3.08. The number of nitrogens with two attached hydrogens (primary N) is 1. The molecule has 0 bridgehead atoms. The Hall–Kier alpha value is -1.07. The van der Waals surface area contributed by atoms with Gasteiger partial charge in [0, 0.05) is 16.9 Å². The lowest BCUT2D eigenvalue weighted by Crippen LogP contribution is -2.35. The SMILES string of the molecule is CC(CN)C(=O)NCCOc1cccc(Br)c1. The molecule has 0 aliphatic heterocycles. The van der Waals surface area contributed by atoms with Crippen LogP contribution in [-0.2, 0) is 4.79 Å². The molecule has 1 rings (SSSR count). The highest BCUT2D eigenvalue weighted by Crippen LogP contribution is 2.17. The van der Waals surface area contributed by atoms with Gasteiger partial charge in [-0.25, -0.2) is 0 Å². The van der Waals surface area contributed by atoms with Crippen molar-refractivity contribution < 1.29 is 9.53 Å². The maximum absolute atomic E-state index is 11.4. The van der Waals surface area contributed by atoms with Crippen LogP contribution in [0, 0.1) is 5.92 Å². The van der Waals surface area contributed by atoms with Gasteiger partial charge >= 0.3 is 0 Å². The second-order valence-electron chi connectivity index (χ2n) is 3.73. The average Bonchev–Trinajstić information content (AvgIpc) is 2.33. The number of nitrogens with one attached hydrogen (secondary N) is 1. The third kappa shape index (κ3) is 5.19. The zero-order valence-electron chi connectivity index (χ0n) is 9.78. The average molecular weight is 301 g/mol. The highest BCUT2D eigenvalue weighted by molar-refractivity contribution is 9.10. The highest BCUT2D eigenvalue weighted by Gasteiger charge is 2.09. The van der Waals surface area contributed by atoms with Crippen molar-refractivity contribution in [2.24, 2.45) is 11.7 Å². The molecule has 3 N–H and O–H groups in total. The maximum atomic E-state index is 11.4. The van der Waals surface area contributed by atoms with Crippen molar-refractivity contribution in [3.63, 3.8) is 0 Å². The Labute approximate surface area is 110 Å². The lowest BCUT2D eigenvalue weighted by Gasteiger charge is -2.10. The van der Waals surface area contributed by atoms with Gasteiger partial charge in [-0.15, -0.1) is 0 Å². The van der Waals surface area contributed by atoms with Crippen molar-refractivity contribution in [3.05, 3.63) is 28.7 Å². The third-order valence-electron chi connectivity index (χ3n) is 2.27. The highest BCUT2D eigenvalue weighted by atomic mass is 79.9. The minimum absolute atomic E-state index is 0.0367. The quantitative estimate of drug-likeness (QED) is 0.783. The molecule has 0 aromatic heterocycles. The normalized spacial score (nSPS) is 11.9. The molecule has 0 fully saturated rings. The second kappa shape index (κ2) is 7.29. The number of carbonyl (C=O) groups is 1. The van der Waals surface area contributed by atoms with Gasteiger partial charge < -0.3 is 15.8 Å². The number of hydrogen-bond donors (Lipinski definition) is 2. The number of ether oxygens (including phenoxy) is 1. The van der Waals surface area contributed by atoms with Gasteiger partial charge in [0.2, 0.25) is 5.91 Å². The summed E-state index contributed by atoms with van der Waals surface area (Å²) in [5.74, 6) is 0.590.